The molecule has 1 heterocycles. The maximum absolute atomic E-state index is 12.8. The highest BCUT2D eigenvalue weighted by Gasteiger charge is 2.35. The zero-order valence-corrected chi connectivity index (χ0v) is 20.2. The Morgan fingerprint density at radius 3 is 2.28 bits per heavy atom. The Morgan fingerprint density at radius 2 is 1.64 bits per heavy atom. The molecule has 1 fully saturated rings. The van der Waals surface area contributed by atoms with Crippen molar-refractivity contribution in [3.8, 4) is 11.5 Å². The number of nitrogens with zero attached hydrogens (tertiary/aromatic N) is 3. The largest absolute Gasteiger partial charge is 0.450 e. The zero-order valence-electron chi connectivity index (χ0n) is 17.9. The van der Waals surface area contributed by atoms with Gasteiger partial charge in [-0.1, -0.05) is 41.4 Å². The first kappa shape index (κ1) is 25.2. The molecule has 0 bridgehead atoms. The molecule has 2 amide bonds. The molecule has 1 saturated heterocycles. The molecule has 0 saturated carbocycles. The molecule has 0 atom stereocenters. The minimum atomic E-state index is -0.773. The van der Waals surface area contributed by atoms with Crippen LogP contribution in [0.15, 0.2) is 65.6 Å². The van der Waals surface area contributed by atoms with Gasteiger partial charge in [-0.2, -0.15) is 0 Å². The Bertz CT molecular complexity index is 1440. The van der Waals surface area contributed by atoms with E-state index < -0.39 is 32.4 Å². The quantitative estimate of drug-likeness (QED) is 0.179. The highest BCUT2D eigenvalue weighted by atomic mass is 35.5. The zero-order chi connectivity index (χ0) is 26.0. The average Bonchev–Trinajstić information content (AvgIpc) is 3.09. The first-order chi connectivity index (χ1) is 17.1. The van der Waals surface area contributed by atoms with E-state index in [1.807, 2.05) is 0 Å². The van der Waals surface area contributed by atoms with Gasteiger partial charge in [0.05, 0.1) is 37.4 Å². The van der Waals surface area contributed by atoms with Crippen LogP contribution in [0.4, 0.5) is 16.2 Å². The lowest BCUT2D eigenvalue weighted by Gasteiger charge is -2.12. The number of non-ortho nitro benzene ring substituents is 1. The van der Waals surface area contributed by atoms with E-state index in [1.54, 1.807) is 30.3 Å². The molecule has 0 aliphatic carbocycles. The third kappa shape index (κ3) is 5.48. The molecule has 0 radical (unpaired) electrons. The molecule has 0 aromatic heterocycles. The van der Waals surface area contributed by atoms with Gasteiger partial charge in [0, 0.05) is 6.07 Å². The maximum Gasteiger partial charge on any atom is 0.318 e. The molecule has 182 valence electrons. The fraction of sp³-hybridized carbons (Fsp3) is 0.0435. The van der Waals surface area contributed by atoms with Gasteiger partial charge in [0.15, 0.2) is 0 Å². The Balaban J connectivity index is 1.49. The van der Waals surface area contributed by atoms with Crippen LogP contribution in [0, 0.1) is 20.2 Å². The van der Waals surface area contributed by atoms with Crippen molar-refractivity contribution in [1.29, 1.82) is 0 Å². The molecule has 36 heavy (non-hydrogen) atoms. The second-order valence-electron chi connectivity index (χ2n) is 7.35. The molecule has 4 rings (SSSR count). The molecule has 3 aromatic carbocycles. The van der Waals surface area contributed by atoms with Crippen LogP contribution in [0.25, 0.3) is 6.08 Å². The summed E-state index contributed by atoms with van der Waals surface area (Å²) in [7, 11) is 0. The molecule has 1 aliphatic heterocycles. The lowest BCUT2D eigenvalue weighted by Crippen LogP contribution is -2.27. The van der Waals surface area contributed by atoms with Crippen LogP contribution in [-0.4, -0.2) is 25.9 Å². The van der Waals surface area contributed by atoms with Crippen LogP contribution >= 0.6 is 35.0 Å². The van der Waals surface area contributed by atoms with E-state index in [0.29, 0.717) is 21.2 Å². The van der Waals surface area contributed by atoms with Crippen molar-refractivity contribution >= 4 is 63.6 Å². The molecule has 3 aromatic rings. The summed E-state index contributed by atoms with van der Waals surface area (Å²) in [5.74, 6) is -0.392. The molecule has 1 aliphatic rings. The van der Waals surface area contributed by atoms with Crippen molar-refractivity contribution in [2.75, 3.05) is 0 Å². The fourth-order valence-electron chi connectivity index (χ4n) is 3.22. The summed E-state index contributed by atoms with van der Waals surface area (Å²) >= 11 is 12.7. The van der Waals surface area contributed by atoms with Gasteiger partial charge in [-0.15, -0.1) is 0 Å². The van der Waals surface area contributed by atoms with Crippen molar-refractivity contribution in [2.24, 2.45) is 0 Å². The van der Waals surface area contributed by atoms with Crippen molar-refractivity contribution in [1.82, 2.24) is 4.90 Å². The van der Waals surface area contributed by atoms with Gasteiger partial charge in [-0.05, 0) is 59.3 Å². The summed E-state index contributed by atoms with van der Waals surface area (Å²) in [4.78, 5) is 47.2. The summed E-state index contributed by atoms with van der Waals surface area (Å²) < 4.78 is 5.53. The number of benzene rings is 3. The van der Waals surface area contributed by atoms with Crippen molar-refractivity contribution in [2.45, 2.75) is 6.54 Å². The van der Waals surface area contributed by atoms with Gasteiger partial charge in [0.2, 0.25) is 5.75 Å². The molecular weight excluding hydrogens is 533 g/mol. The van der Waals surface area contributed by atoms with Gasteiger partial charge in [0.25, 0.3) is 16.8 Å². The number of imide groups is 1. The van der Waals surface area contributed by atoms with Crippen LogP contribution in [0.1, 0.15) is 11.1 Å². The first-order valence-corrected chi connectivity index (χ1v) is 11.6. The van der Waals surface area contributed by atoms with E-state index in [1.165, 1.54) is 18.2 Å². The highest BCUT2D eigenvalue weighted by molar-refractivity contribution is 8.18. The van der Waals surface area contributed by atoms with E-state index in [9.17, 15) is 29.8 Å². The molecule has 0 spiro atoms. The van der Waals surface area contributed by atoms with Gasteiger partial charge in [-0.3, -0.25) is 34.7 Å². The van der Waals surface area contributed by atoms with Crippen LogP contribution < -0.4 is 4.74 Å². The number of carbonyl (C=O) groups excluding carboxylic acids is 2. The third-order valence-corrected chi connectivity index (χ3v) is 6.60. The molecular formula is C23H13Cl2N3O7S. The normalized spacial score (nSPS) is 14.4. The number of hydrogen-bond acceptors (Lipinski definition) is 8. The van der Waals surface area contributed by atoms with Gasteiger partial charge < -0.3 is 4.74 Å². The Hall–Kier alpha value is -3.93. The lowest BCUT2D eigenvalue weighted by molar-refractivity contribution is -0.394. The Morgan fingerprint density at radius 1 is 0.917 bits per heavy atom. The second-order valence-corrected chi connectivity index (χ2v) is 9.16. The number of thioether (sulfide) groups is 1. The minimum Gasteiger partial charge on any atom is -0.450 e. The van der Waals surface area contributed by atoms with Crippen molar-refractivity contribution in [3.05, 3.63) is 107 Å². The third-order valence-electron chi connectivity index (χ3n) is 4.95. The summed E-state index contributed by atoms with van der Waals surface area (Å²) in [5.41, 5.74) is 0.247. The molecule has 10 nitrogen and oxygen atoms in total. The number of hydrogen-bond donors (Lipinski definition) is 0. The first-order valence-electron chi connectivity index (χ1n) is 10.0. The number of carbonyl (C=O) groups is 2. The predicted octanol–water partition coefficient (Wildman–Crippen LogP) is 6.84. The van der Waals surface area contributed by atoms with E-state index in [2.05, 4.69) is 0 Å². The van der Waals surface area contributed by atoms with Crippen LogP contribution in [0.3, 0.4) is 0 Å². The van der Waals surface area contributed by atoms with Crippen LogP contribution in [0.5, 0.6) is 11.5 Å². The Labute approximate surface area is 217 Å². The van der Waals surface area contributed by atoms with Crippen LogP contribution in [-0.2, 0) is 11.3 Å². The molecule has 0 N–H and O–H groups in total. The summed E-state index contributed by atoms with van der Waals surface area (Å²) in [6, 6.07) is 14.1. The van der Waals surface area contributed by atoms with Crippen LogP contribution in [0.2, 0.25) is 10.0 Å². The van der Waals surface area contributed by atoms with E-state index in [0.717, 1.165) is 34.9 Å². The number of halogens is 2. The van der Waals surface area contributed by atoms with Gasteiger partial charge in [-0.25, -0.2) is 0 Å². The number of ether oxygens (including phenoxy) is 1. The monoisotopic (exact) mass is 545 g/mol. The molecule has 13 heteroatoms. The minimum absolute atomic E-state index is 0.0414. The number of amides is 2. The summed E-state index contributed by atoms with van der Waals surface area (Å²) in [5, 5.41) is 22.4. The maximum atomic E-state index is 12.8. The van der Waals surface area contributed by atoms with Gasteiger partial charge in [0.1, 0.15) is 5.75 Å². The fourth-order valence-corrected chi connectivity index (χ4v) is 4.37. The van der Waals surface area contributed by atoms with E-state index in [-0.39, 0.29) is 22.9 Å². The topological polar surface area (TPSA) is 133 Å². The number of rotatable bonds is 7. The van der Waals surface area contributed by atoms with E-state index >= 15 is 0 Å². The SMILES string of the molecule is O=C1S/C(=C/c2ccc(Oc3ccc([N+](=O)[O-])cc3[N+](=O)[O-])cc2)C(=O)N1Cc1ccc(Cl)c(Cl)c1. The standard InChI is InChI=1S/C23H13Cl2N3O7S/c24-17-7-3-14(9-18(17)25)12-26-22(29)21(36-23(26)30)10-13-1-5-16(6-2-13)35-20-8-4-15(27(31)32)11-19(20)28(33)34/h1-11H,12H2/b21-10+. The van der Waals surface area contributed by atoms with Gasteiger partial charge >= 0.3 is 5.69 Å². The number of nitro groups is 2. The van der Waals surface area contributed by atoms with Crippen molar-refractivity contribution in [3.63, 3.8) is 0 Å². The molecule has 0 unspecified atom stereocenters. The second kappa shape index (κ2) is 10.4. The van der Waals surface area contributed by atoms with Crippen molar-refractivity contribution < 1.29 is 24.2 Å². The predicted molar refractivity (Wildman–Crippen MR) is 134 cm³/mol. The van der Waals surface area contributed by atoms with E-state index in [4.69, 9.17) is 27.9 Å². The smallest absolute Gasteiger partial charge is 0.318 e. The summed E-state index contributed by atoms with van der Waals surface area (Å²) in [6.45, 7) is 0.0414. The highest BCUT2D eigenvalue weighted by Crippen LogP contribution is 2.36. The lowest BCUT2D eigenvalue weighted by atomic mass is 10.2. The number of nitro benzene ring substituents is 2. The average molecular weight is 546 g/mol. The summed E-state index contributed by atoms with van der Waals surface area (Å²) in [6.07, 6.45) is 1.54. The Kier molecular flexibility index (Phi) is 7.25.